The van der Waals surface area contributed by atoms with Crippen molar-refractivity contribution in [3.63, 3.8) is 0 Å². The molecule has 1 saturated carbocycles. The Morgan fingerprint density at radius 3 is 2.00 bits per heavy atom. The Labute approximate surface area is 55.4 Å². The third kappa shape index (κ3) is 0.767. The fraction of sp³-hybridized carbons (Fsp3) is 1.00. The number of nitrogens with two attached hydrogens (primary N) is 1. The molecule has 1 fully saturated rings. The molecular formula is C7H14FN. The second-order valence-corrected chi connectivity index (χ2v) is 3.68. The van der Waals surface area contributed by atoms with E-state index in [0.717, 1.165) is 6.42 Å². The molecule has 2 heteroatoms. The Hall–Kier alpha value is -0.110. The summed E-state index contributed by atoms with van der Waals surface area (Å²) in [6.45, 7) is 4.38. The Balaban J connectivity index is 2.57. The molecule has 2 N–H and O–H groups in total. The molecule has 0 spiro atoms. The highest BCUT2D eigenvalue weighted by Gasteiger charge is 2.60. The molecule has 1 aliphatic rings. The highest BCUT2D eigenvalue weighted by molar-refractivity contribution is 5.09. The molecular weight excluding hydrogens is 117 g/mol. The van der Waals surface area contributed by atoms with Crippen LogP contribution in [0.1, 0.15) is 20.3 Å². The minimum atomic E-state index is -0.253. The van der Waals surface area contributed by atoms with Gasteiger partial charge in [-0.3, -0.25) is 4.39 Å². The van der Waals surface area contributed by atoms with Gasteiger partial charge in [0.05, 0.1) is 6.67 Å². The molecule has 0 saturated heterocycles. The van der Waals surface area contributed by atoms with E-state index < -0.39 is 0 Å². The molecule has 0 amide bonds. The number of alkyl halides is 1. The molecule has 54 valence electrons. The van der Waals surface area contributed by atoms with Crippen molar-refractivity contribution in [2.24, 2.45) is 16.6 Å². The lowest BCUT2D eigenvalue weighted by Crippen LogP contribution is -2.22. The monoisotopic (exact) mass is 131 g/mol. The van der Waals surface area contributed by atoms with Crippen molar-refractivity contribution >= 4 is 0 Å². The van der Waals surface area contributed by atoms with E-state index in [-0.39, 0.29) is 17.5 Å². The van der Waals surface area contributed by atoms with Gasteiger partial charge in [-0.05, 0) is 11.8 Å². The van der Waals surface area contributed by atoms with Gasteiger partial charge in [-0.1, -0.05) is 13.8 Å². The van der Waals surface area contributed by atoms with Crippen LogP contribution in [0.2, 0.25) is 0 Å². The van der Waals surface area contributed by atoms with Crippen molar-refractivity contribution in [1.82, 2.24) is 0 Å². The first-order valence-electron chi connectivity index (χ1n) is 3.34. The predicted octanol–water partition coefficient (Wildman–Crippen LogP) is 1.33. The maximum atomic E-state index is 12.2. The minimum Gasteiger partial charge on any atom is -0.330 e. The minimum absolute atomic E-state index is 0.160. The number of halogens is 1. The van der Waals surface area contributed by atoms with Gasteiger partial charge in [-0.15, -0.1) is 0 Å². The zero-order chi connectivity index (χ0) is 7.12. The maximum absolute atomic E-state index is 12.2. The van der Waals surface area contributed by atoms with Crippen molar-refractivity contribution in [2.75, 3.05) is 13.2 Å². The molecule has 1 atom stereocenters. The van der Waals surface area contributed by atoms with Crippen LogP contribution in [0.15, 0.2) is 0 Å². The van der Waals surface area contributed by atoms with Crippen LogP contribution >= 0.6 is 0 Å². The van der Waals surface area contributed by atoms with E-state index in [1.165, 1.54) is 0 Å². The summed E-state index contributed by atoms with van der Waals surface area (Å²) in [5, 5.41) is 0. The summed E-state index contributed by atoms with van der Waals surface area (Å²) >= 11 is 0. The van der Waals surface area contributed by atoms with Crippen molar-refractivity contribution in [2.45, 2.75) is 20.3 Å². The second-order valence-electron chi connectivity index (χ2n) is 3.68. The Morgan fingerprint density at radius 2 is 2.00 bits per heavy atom. The van der Waals surface area contributed by atoms with Crippen LogP contribution in [-0.4, -0.2) is 13.2 Å². The van der Waals surface area contributed by atoms with Gasteiger partial charge in [0, 0.05) is 12.0 Å². The Kier molecular flexibility index (Phi) is 1.31. The van der Waals surface area contributed by atoms with Crippen LogP contribution in [0, 0.1) is 10.8 Å². The lowest BCUT2D eigenvalue weighted by atomic mass is 9.98. The summed E-state index contributed by atoms with van der Waals surface area (Å²) in [6, 6.07) is 0. The highest BCUT2D eigenvalue weighted by Crippen LogP contribution is 2.62. The van der Waals surface area contributed by atoms with Gasteiger partial charge in [0.15, 0.2) is 0 Å². The van der Waals surface area contributed by atoms with Gasteiger partial charge in [-0.25, -0.2) is 0 Å². The zero-order valence-electron chi connectivity index (χ0n) is 6.08. The largest absolute Gasteiger partial charge is 0.330 e. The smallest absolute Gasteiger partial charge is 0.0968 e. The molecule has 1 unspecified atom stereocenters. The summed E-state index contributed by atoms with van der Waals surface area (Å²) in [7, 11) is 0. The first-order valence-corrected chi connectivity index (χ1v) is 3.34. The average Bonchev–Trinajstić information content (AvgIpc) is 2.35. The topological polar surface area (TPSA) is 26.0 Å². The zero-order valence-corrected chi connectivity index (χ0v) is 6.08. The molecule has 0 aliphatic heterocycles. The summed E-state index contributed by atoms with van der Waals surface area (Å²) in [4.78, 5) is 0. The predicted molar refractivity (Wildman–Crippen MR) is 35.9 cm³/mol. The van der Waals surface area contributed by atoms with Crippen LogP contribution in [-0.2, 0) is 0 Å². The van der Waals surface area contributed by atoms with E-state index in [1.807, 2.05) is 0 Å². The molecule has 1 aliphatic carbocycles. The van der Waals surface area contributed by atoms with Crippen molar-refractivity contribution < 1.29 is 4.39 Å². The SMILES string of the molecule is CC1(C)CC1(CN)CF. The van der Waals surface area contributed by atoms with Crippen molar-refractivity contribution in [1.29, 1.82) is 0 Å². The average molecular weight is 131 g/mol. The van der Waals surface area contributed by atoms with E-state index in [4.69, 9.17) is 5.73 Å². The van der Waals surface area contributed by atoms with Crippen molar-refractivity contribution in [3.8, 4) is 0 Å². The molecule has 9 heavy (non-hydrogen) atoms. The normalized spacial score (nSPS) is 38.7. The molecule has 0 aromatic heterocycles. The number of rotatable bonds is 2. The first-order chi connectivity index (χ1) is 4.08. The van der Waals surface area contributed by atoms with Crippen LogP contribution in [0.4, 0.5) is 4.39 Å². The van der Waals surface area contributed by atoms with Crippen LogP contribution < -0.4 is 5.73 Å². The van der Waals surface area contributed by atoms with Gasteiger partial charge < -0.3 is 5.73 Å². The van der Waals surface area contributed by atoms with E-state index in [1.54, 1.807) is 0 Å². The summed E-state index contributed by atoms with van der Waals surface area (Å²) < 4.78 is 12.2. The van der Waals surface area contributed by atoms with Gasteiger partial charge in [0.1, 0.15) is 0 Å². The second kappa shape index (κ2) is 1.69. The van der Waals surface area contributed by atoms with Crippen LogP contribution in [0.25, 0.3) is 0 Å². The fourth-order valence-corrected chi connectivity index (χ4v) is 1.43. The lowest BCUT2D eigenvalue weighted by Gasteiger charge is -2.12. The van der Waals surface area contributed by atoms with Gasteiger partial charge in [0.2, 0.25) is 0 Å². The standard InChI is InChI=1S/C7H14FN/c1-6(2)3-7(6,4-8)5-9/h3-5,9H2,1-2H3. The Morgan fingerprint density at radius 1 is 1.56 bits per heavy atom. The van der Waals surface area contributed by atoms with Crippen molar-refractivity contribution in [3.05, 3.63) is 0 Å². The van der Waals surface area contributed by atoms with Crippen LogP contribution in [0.3, 0.4) is 0 Å². The first kappa shape index (κ1) is 7.00. The number of hydrogen-bond donors (Lipinski definition) is 1. The van der Waals surface area contributed by atoms with Gasteiger partial charge in [-0.2, -0.15) is 0 Å². The molecule has 1 nitrogen and oxygen atoms in total. The molecule has 1 rings (SSSR count). The number of hydrogen-bond acceptors (Lipinski definition) is 1. The quantitative estimate of drug-likeness (QED) is 0.601. The molecule has 0 aromatic rings. The third-order valence-corrected chi connectivity index (χ3v) is 2.74. The molecule has 0 radical (unpaired) electrons. The van der Waals surface area contributed by atoms with E-state index in [0.29, 0.717) is 6.54 Å². The van der Waals surface area contributed by atoms with Crippen LogP contribution in [0.5, 0.6) is 0 Å². The van der Waals surface area contributed by atoms with E-state index in [9.17, 15) is 4.39 Å². The van der Waals surface area contributed by atoms with Gasteiger partial charge >= 0.3 is 0 Å². The fourth-order valence-electron chi connectivity index (χ4n) is 1.43. The summed E-state index contributed by atoms with van der Waals surface area (Å²) in [6.07, 6.45) is 0.951. The molecule has 0 bridgehead atoms. The van der Waals surface area contributed by atoms with Gasteiger partial charge in [0.25, 0.3) is 0 Å². The third-order valence-electron chi connectivity index (χ3n) is 2.74. The lowest BCUT2D eigenvalue weighted by molar-refractivity contribution is 0.289. The maximum Gasteiger partial charge on any atom is 0.0968 e. The summed E-state index contributed by atoms with van der Waals surface area (Å²) in [5.41, 5.74) is 5.42. The molecule has 0 aromatic carbocycles. The van der Waals surface area contributed by atoms with E-state index >= 15 is 0 Å². The Bertz CT molecular complexity index is 116. The van der Waals surface area contributed by atoms with E-state index in [2.05, 4.69) is 13.8 Å². The highest BCUT2D eigenvalue weighted by atomic mass is 19.1. The molecule has 0 heterocycles. The summed E-state index contributed by atoms with van der Waals surface area (Å²) in [5.74, 6) is 0.